The van der Waals surface area contributed by atoms with Crippen molar-refractivity contribution >= 4 is 5.91 Å². The van der Waals surface area contributed by atoms with Crippen LogP contribution in [0.5, 0.6) is 5.75 Å². The third-order valence-corrected chi connectivity index (χ3v) is 2.75. The van der Waals surface area contributed by atoms with Gasteiger partial charge in [-0.1, -0.05) is 12.1 Å². The van der Waals surface area contributed by atoms with E-state index in [9.17, 15) is 4.79 Å². The second kappa shape index (κ2) is 6.06. The number of ether oxygens (including phenoxy) is 1. The molecule has 0 atom stereocenters. The highest BCUT2D eigenvalue weighted by atomic mass is 16.5. The Morgan fingerprint density at radius 1 is 1.39 bits per heavy atom. The summed E-state index contributed by atoms with van der Waals surface area (Å²) in [6.45, 7) is 0.385. The minimum Gasteiger partial charge on any atom is -0.493 e. The van der Waals surface area contributed by atoms with Crippen LogP contribution in [0.3, 0.4) is 0 Å². The predicted octanol–water partition coefficient (Wildman–Crippen LogP) is 1.80. The number of nitrogens with one attached hydrogen (secondary N) is 1. The van der Waals surface area contributed by atoms with E-state index in [-0.39, 0.29) is 5.91 Å². The van der Waals surface area contributed by atoms with Crippen LogP contribution < -0.4 is 10.1 Å². The summed E-state index contributed by atoms with van der Waals surface area (Å²) in [6.07, 6.45) is 3.00. The molecule has 18 heavy (non-hydrogen) atoms. The summed E-state index contributed by atoms with van der Waals surface area (Å²) in [5.41, 5.74) is 0.969. The molecular formula is C14H16N2O2. The van der Waals surface area contributed by atoms with Crippen molar-refractivity contribution in [2.75, 3.05) is 6.61 Å². The van der Waals surface area contributed by atoms with Crippen molar-refractivity contribution < 1.29 is 9.53 Å². The minimum absolute atomic E-state index is 0.0543. The van der Waals surface area contributed by atoms with Gasteiger partial charge in [-0.2, -0.15) is 5.26 Å². The highest BCUT2D eigenvalue weighted by Gasteiger charge is 2.22. The number of carbonyl (C=O) groups is 1. The largest absolute Gasteiger partial charge is 0.493 e. The van der Waals surface area contributed by atoms with Gasteiger partial charge in [0.2, 0.25) is 5.91 Å². The first-order valence-corrected chi connectivity index (χ1v) is 6.16. The van der Waals surface area contributed by atoms with Gasteiger partial charge in [-0.15, -0.1) is 0 Å². The molecule has 2 rings (SSSR count). The Kier molecular flexibility index (Phi) is 4.19. The fraction of sp³-hybridized carbons (Fsp3) is 0.429. The lowest BCUT2D eigenvalue weighted by Gasteiger charge is -2.07. The van der Waals surface area contributed by atoms with Gasteiger partial charge in [0, 0.05) is 6.04 Å². The first-order valence-electron chi connectivity index (χ1n) is 6.16. The van der Waals surface area contributed by atoms with Crippen molar-refractivity contribution in [3.63, 3.8) is 0 Å². The first kappa shape index (κ1) is 12.4. The fourth-order valence-corrected chi connectivity index (χ4v) is 1.58. The average molecular weight is 244 g/mol. The molecule has 4 nitrogen and oxygen atoms in total. The molecule has 1 aromatic carbocycles. The van der Waals surface area contributed by atoms with E-state index in [1.807, 2.05) is 24.3 Å². The van der Waals surface area contributed by atoms with Crippen LogP contribution in [0.15, 0.2) is 24.3 Å². The van der Waals surface area contributed by atoms with Crippen molar-refractivity contribution in [3.8, 4) is 11.8 Å². The molecule has 0 bridgehead atoms. The van der Waals surface area contributed by atoms with E-state index in [0.29, 0.717) is 25.5 Å². The maximum atomic E-state index is 11.4. The zero-order valence-electron chi connectivity index (χ0n) is 10.2. The Morgan fingerprint density at radius 3 is 2.72 bits per heavy atom. The standard InChI is InChI=1S/C14H16N2O2/c15-9-7-11-1-5-13(6-2-11)18-10-8-14(17)16-12-3-4-12/h1-2,5-6,12H,3-4,7-8,10H2,(H,16,17). The third kappa shape index (κ3) is 4.10. The molecule has 0 aliphatic heterocycles. The number of rotatable bonds is 6. The highest BCUT2D eigenvalue weighted by molar-refractivity contribution is 5.76. The van der Waals surface area contributed by atoms with Crippen molar-refractivity contribution in [2.45, 2.75) is 31.7 Å². The Labute approximate surface area is 107 Å². The summed E-state index contributed by atoms with van der Waals surface area (Å²) in [5.74, 6) is 0.787. The number of hydrogen-bond donors (Lipinski definition) is 1. The third-order valence-electron chi connectivity index (χ3n) is 2.75. The van der Waals surface area contributed by atoms with Crippen LogP contribution in [0.4, 0.5) is 0 Å². The lowest BCUT2D eigenvalue weighted by Crippen LogP contribution is -2.26. The smallest absolute Gasteiger partial charge is 0.223 e. The summed E-state index contributed by atoms with van der Waals surface area (Å²) in [6, 6.07) is 9.87. The van der Waals surface area contributed by atoms with E-state index < -0.39 is 0 Å². The van der Waals surface area contributed by atoms with Gasteiger partial charge in [0.05, 0.1) is 25.5 Å². The molecule has 0 heterocycles. The Hall–Kier alpha value is -2.02. The summed E-state index contributed by atoms with van der Waals surface area (Å²) in [4.78, 5) is 11.4. The molecule has 0 saturated heterocycles. The zero-order chi connectivity index (χ0) is 12.8. The van der Waals surface area contributed by atoms with Crippen LogP contribution in [0, 0.1) is 11.3 Å². The van der Waals surface area contributed by atoms with Gasteiger partial charge >= 0.3 is 0 Å². The van der Waals surface area contributed by atoms with Gasteiger partial charge in [-0.25, -0.2) is 0 Å². The Morgan fingerprint density at radius 2 is 2.11 bits per heavy atom. The molecule has 1 N–H and O–H groups in total. The molecule has 1 aliphatic carbocycles. The van der Waals surface area contributed by atoms with Crippen LogP contribution in [-0.2, 0) is 11.2 Å². The van der Waals surface area contributed by atoms with Crippen LogP contribution >= 0.6 is 0 Å². The van der Waals surface area contributed by atoms with E-state index >= 15 is 0 Å². The molecule has 4 heteroatoms. The molecule has 0 spiro atoms. The van der Waals surface area contributed by atoms with Gasteiger partial charge in [-0.05, 0) is 30.5 Å². The monoisotopic (exact) mass is 244 g/mol. The molecule has 1 amide bonds. The lowest BCUT2D eigenvalue weighted by atomic mass is 10.2. The summed E-state index contributed by atoms with van der Waals surface area (Å²) < 4.78 is 5.47. The van der Waals surface area contributed by atoms with E-state index in [1.54, 1.807) is 0 Å². The first-order chi connectivity index (χ1) is 8.78. The molecule has 0 unspecified atom stereocenters. The second-order valence-electron chi connectivity index (χ2n) is 4.42. The van der Waals surface area contributed by atoms with Crippen molar-refractivity contribution in [1.82, 2.24) is 5.32 Å². The maximum absolute atomic E-state index is 11.4. The van der Waals surface area contributed by atoms with Gasteiger partial charge in [0.1, 0.15) is 5.75 Å². The van der Waals surface area contributed by atoms with Crippen molar-refractivity contribution in [2.24, 2.45) is 0 Å². The normalized spacial score (nSPS) is 13.7. The molecule has 1 fully saturated rings. The quantitative estimate of drug-likeness (QED) is 0.830. The summed E-state index contributed by atoms with van der Waals surface area (Å²) in [7, 11) is 0. The van der Waals surface area contributed by atoms with Crippen LogP contribution in [0.25, 0.3) is 0 Å². The molecule has 1 aromatic rings. The van der Waals surface area contributed by atoms with Crippen LogP contribution in [0.1, 0.15) is 24.8 Å². The van der Waals surface area contributed by atoms with Gasteiger partial charge in [0.15, 0.2) is 0 Å². The van der Waals surface area contributed by atoms with E-state index in [0.717, 1.165) is 24.2 Å². The Balaban J connectivity index is 1.69. The summed E-state index contributed by atoms with van der Waals surface area (Å²) >= 11 is 0. The van der Waals surface area contributed by atoms with E-state index in [4.69, 9.17) is 10.00 Å². The SMILES string of the molecule is N#CCc1ccc(OCCC(=O)NC2CC2)cc1. The number of carbonyl (C=O) groups excluding carboxylic acids is 1. The van der Waals surface area contributed by atoms with E-state index in [1.165, 1.54) is 0 Å². The average Bonchev–Trinajstić information content (AvgIpc) is 3.16. The number of nitrogens with zero attached hydrogens (tertiary/aromatic N) is 1. The number of amides is 1. The molecule has 1 aliphatic rings. The second-order valence-corrected chi connectivity index (χ2v) is 4.42. The zero-order valence-corrected chi connectivity index (χ0v) is 10.2. The Bertz CT molecular complexity index is 444. The molecular weight excluding hydrogens is 228 g/mol. The number of hydrogen-bond acceptors (Lipinski definition) is 3. The van der Waals surface area contributed by atoms with Gasteiger partial charge in [0.25, 0.3) is 0 Å². The summed E-state index contributed by atoms with van der Waals surface area (Å²) in [5, 5.41) is 11.5. The molecule has 1 saturated carbocycles. The molecule has 94 valence electrons. The van der Waals surface area contributed by atoms with Crippen LogP contribution in [-0.4, -0.2) is 18.6 Å². The fourth-order valence-electron chi connectivity index (χ4n) is 1.58. The lowest BCUT2D eigenvalue weighted by molar-refractivity contribution is -0.121. The maximum Gasteiger partial charge on any atom is 0.223 e. The topological polar surface area (TPSA) is 62.1 Å². The van der Waals surface area contributed by atoms with Crippen molar-refractivity contribution in [1.29, 1.82) is 5.26 Å². The van der Waals surface area contributed by atoms with Crippen molar-refractivity contribution in [3.05, 3.63) is 29.8 Å². The minimum atomic E-state index is 0.0543. The van der Waals surface area contributed by atoms with E-state index in [2.05, 4.69) is 11.4 Å². The molecule has 0 radical (unpaired) electrons. The van der Waals surface area contributed by atoms with Gasteiger partial charge in [-0.3, -0.25) is 4.79 Å². The van der Waals surface area contributed by atoms with Crippen LogP contribution in [0.2, 0.25) is 0 Å². The molecule has 0 aromatic heterocycles. The predicted molar refractivity (Wildman–Crippen MR) is 67.0 cm³/mol. The van der Waals surface area contributed by atoms with Gasteiger partial charge < -0.3 is 10.1 Å². The highest BCUT2D eigenvalue weighted by Crippen LogP contribution is 2.18. The number of benzene rings is 1. The number of nitriles is 1.